The van der Waals surface area contributed by atoms with Crippen LogP contribution in [-0.2, 0) is 23.7 Å². The lowest BCUT2D eigenvalue weighted by atomic mass is 9.84. The van der Waals surface area contributed by atoms with Gasteiger partial charge in [-0.1, -0.05) is 0 Å². The maximum atomic E-state index is 11.1. The molecule has 0 radical (unpaired) electrons. The van der Waals surface area contributed by atoms with Crippen LogP contribution in [0.1, 0.15) is 30.3 Å². The number of ether oxygens (including phenoxy) is 10. The summed E-state index contributed by atoms with van der Waals surface area (Å²) in [5, 5.41) is 73.0. The molecular formula is C34H46O17. The molecule has 0 unspecified atom stereocenters. The van der Waals surface area contributed by atoms with Crippen LogP contribution >= 0.6 is 0 Å². The largest absolute Gasteiger partial charge is 0.502 e. The number of fused-ring (bicyclic) bond motifs is 1. The predicted molar refractivity (Wildman–Crippen MR) is 171 cm³/mol. The van der Waals surface area contributed by atoms with Crippen LogP contribution in [0.2, 0.25) is 0 Å². The van der Waals surface area contributed by atoms with Gasteiger partial charge in [-0.05, 0) is 42.3 Å². The van der Waals surface area contributed by atoms with Crippen molar-refractivity contribution in [1.82, 2.24) is 0 Å². The highest BCUT2D eigenvalue weighted by molar-refractivity contribution is 5.55. The Hall–Kier alpha value is -3.20. The van der Waals surface area contributed by atoms with Crippen molar-refractivity contribution >= 4 is 0 Å². The van der Waals surface area contributed by atoms with Crippen LogP contribution in [0.5, 0.6) is 34.5 Å². The molecule has 6 rings (SSSR count). The van der Waals surface area contributed by atoms with E-state index in [0.717, 1.165) is 5.56 Å². The minimum atomic E-state index is -1.73. The van der Waals surface area contributed by atoms with Gasteiger partial charge in [0.1, 0.15) is 36.6 Å². The summed E-state index contributed by atoms with van der Waals surface area (Å²) in [6.45, 7) is 1.51. The average Bonchev–Trinajstić information content (AvgIpc) is 3.75. The molecule has 4 aliphatic rings. The van der Waals surface area contributed by atoms with Gasteiger partial charge in [-0.3, -0.25) is 0 Å². The van der Waals surface area contributed by atoms with E-state index in [1.807, 2.05) is 0 Å². The van der Waals surface area contributed by atoms with Gasteiger partial charge < -0.3 is 83.1 Å². The molecule has 0 aliphatic carbocycles. The number of aromatic hydroxyl groups is 1. The van der Waals surface area contributed by atoms with Crippen LogP contribution in [0.4, 0.5) is 0 Å². The van der Waals surface area contributed by atoms with E-state index in [4.69, 9.17) is 47.4 Å². The third-order valence-electron chi connectivity index (χ3n) is 10.1. The first-order valence-corrected chi connectivity index (χ1v) is 16.5. The van der Waals surface area contributed by atoms with Crippen molar-refractivity contribution < 1.29 is 83.1 Å². The van der Waals surface area contributed by atoms with E-state index in [1.165, 1.54) is 35.4 Å². The number of hydrogen-bond donors (Lipinski definition) is 7. The standard InChI is InChI=1S/C34H46O17/c1-13-23(36)26(39)28(41)33(48-13)51-32-27(40)25(38)22(10-35)49-34(32)50-31-20(44-4)8-15(9-21(31)45-5)30-17-12-46-29(16(17)11-47-30)14-6-18(42-2)24(37)19(7-14)43-3/h6-9,13,16-17,22-23,25-30,32-41H,10-12H2,1-5H3/t13-,16+,17-,22+,23-,25+,26+,27-,28+,29-,30+,32+,33-,34-/m0/s1. The molecule has 0 bridgehead atoms. The molecule has 0 saturated carbocycles. The number of aliphatic hydroxyl groups is 6. The molecule has 0 aromatic heterocycles. The first-order valence-electron chi connectivity index (χ1n) is 16.5. The van der Waals surface area contributed by atoms with Gasteiger partial charge in [0.25, 0.3) is 0 Å². The van der Waals surface area contributed by atoms with E-state index in [1.54, 1.807) is 24.3 Å². The number of rotatable bonds is 11. The fraction of sp³-hybridized carbons (Fsp3) is 0.647. The Morgan fingerprint density at radius 3 is 1.65 bits per heavy atom. The van der Waals surface area contributed by atoms with Gasteiger partial charge in [0, 0.05) is 11.8 Å². The van der Waals surface area contributed by atoms with Crippen molar-refractivity contribution in [2.45, 2.75) is 80.5 Å². The Morgan fingerprint density at radius 1 is 0.647 bits per heavy atom. The molecular weight excluding hydrogens is 680 g/mol. The minimum Gasteiger partial charge on any atom is -0.502 e. The molecule has 14 atom stereocenters. The topological polar surface area (TPSA) is 234 Å². The highest BCUT2D eigenvalue weighted by Gasteiger charge is 2.52. The fourth-order valence-corrected chi connectivity index (χ4v) is 7.19. The first kappa shape index (κ1) is 37.6. The second-order valence-electron chi connectivity index (χ2n) is 13.0. The van der Waals surface area contributed by atoms with Crippen LogP contribution in [-0.4, -0.2) is 145 Å². The van der Waals surface area contributed by atoms with Crippen molar-refractivity contribution in [1.29, 1.82) is 0 Å². The number of phenolic OH excluding ortho intramolecular Hbond substituents is 1. The lowest BCUT2D eigenvalue weighted by molar-refractivity contribution is -0.354. The van der Waals surface area contributed by atoms with Crippen LogP contribution in [0.3, 0.4) is 0 Å². The van der Waals surface area contributed by atoms with Gasteiger partial charge in [-0.25, -0.2) is 0 Å². The summed E-state index contributed by atoms with van der Waals surface area (Å²) in [5.41, 5.74) is 1.45. The number of methoxy groups -OCH3 is 4. The molecule has 4 aliphatic heterocycles. The second kappa shape index (κ2) is 15.4. The predicted octanol–water partition coefficient (Wildman–Crippen LogP) is -0.468. The molecule has 4 heterocycles. The molecule has 2 aromatic carbocycles. The zero-order valence-corrected chi connectivity index (χ0v) is 28.7. The molecule has 0 spiro atoms. The number of phenols is 1. The van der Waals surface area contributed by atoms with Crippen LogP contribution in [0.15, 0.2) is 24.3 Å². The van der Waals surface area contributed by atoms with E-state index >= 15 is 0 Å². The van der Waals surface area contributed by atoms with Gasteiger partial charge in [-0.2, -0.15) is 0 Å². The number of hydrogen-bond acceptors (Lipinski definition) is 17. The highest BCUT2D eigenvalue weighted by Crippen LogP contribution is 2.53. The van der Waals surface area contributed by atoms with Gasteiger partial charge in [0.2, 0.25) is 17.8 Å². The minimum absolute atomic E-state index is 0.0231. The van der Waals surface area contributed by atoms with Crippen LogP contribution in [0, 0.1) is 11.8 Å². The summed E-state index contributed by atoms with van der Waals surface area (Å²) in [6.07, 6.45) is -15.8. The Balaban J connectivity index is 1.26. The first-order chi connectivity index (χ1) is 24.4. The van der Waals surface area contributed by atoms with E-state index in [2.05, 4.69) is 0 Å². The van der Waals surface area contributed by atoms with Crippen LogP contribution < -0.4 is 23.7 Å². The summed E-state index contributed by atoms with van der Waals surface area (Å²) in [5.74, 6) is 0.658. The molecule has 2 aromatic rings. The Bertz CT molecular complexity index is 1460. The molecule has 51 heavy (non-hydrogen) atoms. The molecule has 17 nitrogen and oxygen atoms in total. The highest BCUT2D eigenvalue weighted by atomic mass is 16.8. The maximum Gasteiger partial charge on any atom is 0.230 e. The molecule has 4 saturated heterocycles. The summed E-state index contributed by atoms with van der Waals surface area (Å²) >= 11 is 0. The Kier molecular flexibility index (Phi) is 11.4. The zero-order valence-electron chi connectivity index (χ0n) is 28.7. The van der Waals surface area contributed by atoms with Gasteiger partial charge in [0.15, 0.2) is 35.4 Å². The fourth-order valence-electron chi connectivity index (χ4n) is 7.19. The van der Waals surface area contributed by atoms with E-state index < -0.39 is 74.1 Å². The van der Waals surface area contributed by atoms with Gasteiger partial charge >= 0.3 is 0 Å². The second-order valence-corrected chi connectivity index (χ2v) is 13.0. The van der Waals surface area contributed by atoms with E-state index in [9.17, 15) is 35.7 Å². The van der Waals surface area contributed by atoms with Crippen LogP contribution in [0.25, 0.3) is 0 Å². The van der Waals surface area contributed by atoms with Crippen molar-refractivity contribution in [3.63, 3.8) is 0 Å². The summed E-state index contributed by atoms with van der Waals surface area (Å²) in [4.78, 5) is 0. The zero-order chi connectivity index (χ0) is 36.7. The summed E-state index contributed by atoms with van der Waals surface area (Å²) < 4.78 is 58.1. The van der Waals surface area contributed by atoms with Gasteiger partial charge in [0.05, 0.1) is 66.6 Å². The summed E-state index contributed by atoms with van der Waals surface area (Å²) in [7, 11) is 5.73. The molecule has 4 fully saturated rings. The number of benzene rings is 2. The lowest BCUT2D eigenvalue weighted by Crippen LogP contribution is -2.64. The lowest BCUT2D eigenvalue weighted by Gasteiger charge is -2.45. The van der Waals surface area contributed by atoms with Crippen molar-refractivity contribution in [2.24, 2.45) is 11.8 Å². The normalized spacial score (nSPS) is 37.9. The SMILES string of the molecule is COc1cc([C@@H]2OC[C@H]3[C@H]2CO[C@@H]3c2cc(OC)c(O[C@@H]3O[C@H](CO)[C@@H](O)[C@H](O)[C@H]3O[C@@H]3O[C@@H](C)[C@H](O)[C@@H](O)[C@H]3O)c(OC)c2)cc(OC)c1O. The molecule has 17 heteroatoms. The van der Waals surface area contributed by atoms with E-state index in [-0.39, 0.29) is 52.4 Å². The smallest absolute Gasteiger partial charge is 0.230 e. The quantitative estimate of drug-likeness (QED) is 0.155. The maximum absolute atomic E-state index is 11.1. The summed E-state index contributed by atoms with van der Waals surface area (Å²) in [6, 6.07) is 6.83. The third-order valence-corrected chi connectivity index (χ3v) is 10.1. The molecule has 0 amide bonds. The van der Waals surface area contributed by atoms with E-state index in [0.29, 0.717) is 18.8 Å². The number of aliphatic hydroxyl groups excluding tert-OH is 6. The third kappa shape index (κ3) is 6.89. The Morgan fingerprint density at radius 2 is 1.16 bits per heavy atom. The average molecular weight is 727 g/mol. The van der Waals surface area contributed by atoms with Crippen molar-refractivity contribution in [3.8, 4) is 34.5 Å². The molecule has 7 N–H and O–H groups in total. The van der Waals surface area contributed by atoms with Crippen molar-refractivity contribution in [3.05, 3.63) is 35.4 Å². The van der Waals surface area contributed by atoms with Crippen molar-refractivity contribution in [2.75, 3.05) is 48.3 Å². The molecule has 284 valence electrons. The van der Waals surface area contributed by atoms with Gasteiger partial charge in [-0.15, -0.1) is 0 Å². The Labute approximate surface area is 293 Å². The monoisotopic (exact) mass is 726 g/mol.